The molecule has 0 unspecified atom stereocenters. The topological polar surface area (TPSA) is 81.5 Å². The number of nitrogens with zero attached hydrogens (tertiary/aromatic N) is 3. The van der Waals surface area contributed by atoms with Crippen molar-refractivity contribution in [3.8, 4) is 6.07 Å². The molecule has 1 fully saturated rings. The summed E-state index contributed by atoms with van der Waals surface area (Å²) in [6, 6.07) is 16.4. The lowest BCUT2D eigenvalue weighted by Gasteiger charge is -2.34. The Morgan fingerprint density at radius 1 is 1.00 bits per heavy atom. The summed E-state index contributed by atoms with van der Waals surface area (Å²) in [5, 5.41) is 9.19. The highest BCUT2D eigenvalue weighted by molar-refractivity contribution is 7.89. The van der Waals surface area contributed by atoms with Gasteiger partial charge in [-0.3, -0.25) is 4.79 Å². The first-order chi connectivity index (χ1) is 14.0. The van der Waals surface area contributed by atoms with Gasteiger partial charge in [0.2, 0.25) is 15.9 Å². The fourth-order valence-electron chi connectivity index (χ4n) is 3.45. The minimum atomic E-state index is -3.74. The second-order valence-corrected chi connectivity index (χ2v) is 8.97. The van der Waals surface area contributed by atoms with Crippen LogP contribution in [-0.2, 0) is 27.7 Å². The van der Waals surface area contributed by atoms with Crippen LogP contribution in [0, 0.1) is 11.3 Å². The quantitative estimate of drug-likeness (QED) is 0.732. The van der Waals surface area contributed by atoms with E-state index in [-0.39, 0.29) is 29.5 Å². The highest BCUT2D eigenvalue weighted by Crippen LogP contribution is 2.21. The lowest BCUT2D eigenvalue weighted by Crippen LogP contribution is -2.50. The van der Waals surface area contributed by atoms with Gasteiger partial charge in [-0.1, -0.05) is 43.3 Å². The molecule has 0 aromatic heterocycles. The normalized spacial score (nSPS) is 15.1. The molecule has 152 valence electrons. The molecule has 1 aliphatic rings. The van der Waals surface area contributed by atoms with E-state index in [1.807, 2.05) is 6.07 Å². The number of amides is 1. The SMILES string of the molecule is CCc1ccc(CCC(=O)N2CCN(S(=O)(=O)c3ccccc3C#N)CC2)cc1. The molecule has 0 bridgehead atoms. The molecule has 1 saturated heterocycles. The average molecular weight is 412 g/mol. The van der Waals surface area contributed by atoms with Crippen LogP contribution < -0.4 is 0 Å². The van der Waals surface area contributed by atoms with E-state index < -0.39 is 10.0 Å². The molecular weight excluding hydrogens is 386 g/mol. The second kappa shape index (κ2) is 9.21. The Kier molecular flexibility index (Phi) is 6.68. The van der Waals surface area contributed by atoms with Gasteiger partial charge in [0.25, 0.3) is 0 Å². The van der Waals surface area contributed by atoms with Crippen LogP contribution >= 0.6 is 0 Å². The van der Waals surface area contributed by atoms with Gasteiger partial charge in [-0.2, -0.15) is 9.57 Å². The molecule has 0 spiro atoms. The van der Waals surface area contributed by atoms with E-state index in [0.717, 1.165) is 12.0 Å². The smallest absolute Gasteiger partial charge is 0.244 e. The number of piperazine rings is 1. The first-order valence-electron chi connectivity index (χ1n) is 9.80. The number of carbonyl (C=O) groups excluding carboxylic acids is 1. The minimum absolute atomic E-state index is 0.0257. The predicted octanol–water partition coefficient (Wildman–Crippen LogP) is 2.59. The summed E-state index contributed by atoms with van der Waals surface area (Å²) in [6.07, 6.45) is 2.08. The Morgan fingerprint density at radius 3 is 2.24 bits per heavy atom. The number of sulfonamides is 1. The van der Waals surface area contributed by atoms with Gasteiger partial charge in [0, 0.05) is 32.6 Å². The number of aryl methyl sites for hydroxylation is 2. The van der Waals surface area contributed by atoms with Crippen molar-refractivity contribution in [2.75, 3.05) is 26.2 Å². The van der Waals surface area contributed by atoms with Gasteiger partial charge in [0.05, 0.1) is 10.5 Å². The monoisotopic (exact) mass is 411 g/mol. The molecule has 29 heavy (non-hydrogen) atoms. The Hall–Kier alpha value is -2.69. The zero-order chi connectivity index (χ0) is 20.9. The van der Waals surface area contributed by atoms with Crippen molar-refractivity contribution >= 4 is 15.9 Å². The van der Waals surface area contributed by atoms with Crippen molar-refractivity contribution in [3.05, 3.63) is 65.2 Å². The van der Waals surface area contributed by atoms with Gasteiger partial charge >= 0.3 is 0 Å². The van der Waals surface area contributed by atoms with Crippen LogP contribution in [0.1, 0.15) is 30.0 Å². The summed E-state index contributed by atoms with van der Waals surface area (Å²) in [6.45, 7) is 3.30. The van der Waals surface area contributed by atoms with Gasteiger partial charge in [-0.15, -0.1) is 0 Å². The molecular formula is C22H25N3O3S. The summed E-state index contributed by atoms with van der Waals surface area (Å²) in [5.41, 5.74) is 2.54. The Morgan fingerprint density at radius 2 is 1.62 bits per heavy atom. The summed E-state index contributed by atoms with van der Waals surface area (Å²) >= 11 is 0. The Balaban J connectivity index is 1.56. The van der Waals surface area contributed by atoms with Crippen LogP contribution in [0.3, 0.4) is 0 Å². The zero-order valence-electron chi connectivity index (χ0n) is 16.5. The van der Waals surface area contributed by atoms with E-state index in [0.29, 0.717) is 25.9 Å². The van der Waals surface area contributed by atoms with E-state index >= 15 is 0 Å². The van der Waals surface area contributed by atoms with Crippen molar-refractivity contribution in [3.63, 3.8) is 0 Å². The summed E-state index contributed by atoms with van der Waals surface area (Å²) < 4.78 is 27.1. The van der Waals surface area contributed by atoms with E-state index in [2.05, 4.69) is 31.2 Å². The molecule has 0 radical (unpaired) electrons. The Bertz CT molecular complexity index is 1000. The molecule has 1 heterocycles. The van der Waals surface area contributed by atoms with Crippen LogP contribution in [-0.4, -0.2) is 49.7 Å². The van der Waals surface area contributed by atoms with E-state index in [9.17, 15) is 18.5 Å². The first kappa shape index (κ1) is 21.0. The van der Waals surface area contributed by atoms with Crippen molar-refractivity contribution in [1.82, 2.24) is 9.21 Å². The molecule has 7 heteroatoms. The van der Waals surface area contributed by atoms with Crippen molar-refractivity contribution < 1.29 is 13.2 Å². The number of hydrogen-bond acceptors (Lipinski definition) is 4. The average Bonchev–Trinajstić information content (AvgIpc) is 2.77. The molecule has 6 nitrogen and oxygen atoms in total. The van der Waals surface area contributed by atoms with Crippen LogP contribution in [0.5, 0.6) is 0 Å². The predicted molar refractivity (Wildman–Crippen MR) is 111 cm³/mol. The number of nitriles is 1. The molecule has 0 N–H and O–H groups in total. The van der Waals surface area contributed by atoms with E-state index in [1.54, 1.807) is 17.0 Å². The van der Waals surface area contributed by atoms with Crippen molar-refractivity contribution in [1.29, 1.82) is 5.26 Å². The maximum absolute atomic E-state index is 12.9. The van der Waals surface area contributed by atoms with Crippen LogP contribution in [0.15, 0.2) is 53.4 Å². The zero-order valence-corrected chi connectivity index (χ0v) is 17.4. The van der Waals surface area contributed by atoms with Crippen LogP contribution in [0.2, 0.25) is 0 Å². The molecule has 0 aliphatic carbocycles. The highest BCUT2D eigenvalue weighted by atomic mass is 32.2. The van der Waals surface area contributed by atoms with Gasteiger partial charge in [-0.05, 0) is 36.1 Å². The third-order valence-electron chi connectivity index (χ3n) is 5.28. The lowest BCUT2D eigenvalue weighted by molar-refractivity contribution is -0.132. The largest absolute Gasteiger partial charge is 0.340 e. The van der Waals surface area contributed by atoms with Gasteiger partial charge in [-0.25, -0.2) is 8.42 Å². The fraction of sp³-hybridized carbons (Fsp3) is 0.364. The third-order valence-corrected chi connectivity index (χ3v) is 7.23. The van der Waals surface area contributed by atoms with Gasteiger partial charge in [0.1, 0.15) is 6.07 Å². The third kappa shape index (κ3) is 4.84. The van der Waals surface area contributed by atoms with Crippen LogP contribution in [0.25, 0.3) is 0 Å². The first-order valence-corrected chi connectivity index (χ1v) is 11.2. The fourth-order valence-corrected chi connectivity index (χ4v) is 5.02. The summed E-state index contributed by atoms with van der Waals surface area (Å²) in [7, 11) is -3.74. The van der Waals surface area contributed by atoms with Crippen LogP contribution in [0.4, 0.5) is 0 Å². The maximum atomic E-state index is 12.9. The Labute approximate surface area is 172 Å². The van der Waals surface area contributed by atoms with Gasteiger partial charge < -0.3 is 4.90 Å². The van der Waals surface area contributed by atoms with Crippen molar-refractivity contribution in [2.24, 2.45) is 0 Å². The molecule has 2 aromatic carbocycles. The van der Waals surface area contributed by atoms with Crippen molar-refractivity contribution in [2.45, 2.75) is 31.1 Å². The standard InChI is InChI=1S/C22H25N3O3S/c1-2-18-7-9-19(10-8-18)11-12-22(26)24-13-15-25(16-14-24)29(27,28)21-6-4-3-5-20(21)17-23/h3-10H,2,11-16H2,1H3. The number of rotatable bonds is 6. The van der Waals surface area contributed by atoms with E-state index in [4.69, 9.17) is 0 Å². The minimum Gasteiger partial charge on any atom is -0.340 e. The molecule has 1 aliphatic heterocycles. The molecule has 2 aromatic rings. The number of carbonyl (C=O) groups is 1. The number of benzene rings is 2. The number of hydrogen-bond donors (Lipinski definition) is 0. The summed E-state index contributed by atoms with van der Waals surface area (Å²) in [4.78, 5) is 14.3. The van der Waals surface area contributed by atoms with E-state index in [1.165, 1.54) is 22.0 Å². The molecule has 1 amide bonds. The lowest BCUT2D eigenvalue weighted by atomic mass is 10.1. The molecule has 3 rings (SSSR count). The van der Waals surface area contributed by atoms with Gasteiger partial charge in [0.15, 0.2) is 0 Å². The summed E-state index contributed by atoms with van der Waals surface area (Å²) in [5.74, 6) is 0.0408. The second-order valence-electron chi connectivity index (χ2n) is 7.06. The highest BCUT2D eigenvalue weighted by Gasteiger charge is 2.31. The molecule has 0 atom stereocenters. The molecule has 0 saturated carbocycles. The maximum Gasteiger partial charge on any atom is 0.244 e.